The van der Waals surface area contributed by atoms with Crippen molar-refractivity contribution < 1.29 is 22.5 Å². The molecule has 2 aromatic heterocycles. The van der Waals surface area contributed by atoms with Crippen LogP contribution in [-0.4, -0.2) is 30.4 Å². The van der Waals surface area contributed by atoms with Crippen LogP contribution in [0.1, 0.15) is 17.9 Å². The number of carbonyl (C=O) groups excluding carboxylic acids is 1. The van der Waals surface area contributed by atoms with Gasteiger partial charge in [0.2, 0.25) is 17.6 Å². The van der Waals surface area contributed by atoms with Crippen molar-refractivity contribution >= 4 is 11.6 Å². The van der Waals surface area contributed by atoms with Gasteiger partial charge in [-0.3, -0.25) is 14.2 Å². The number of hydrogen-bond donors (Lipinski definition) is 1. The van der Waals surface area contributed by atoms with Crippen LogP contribution < -0.4 is 16.6 Å². The molecule has 0 fully saturated rings. The molecule has 0 aliphatic carbocycles. The summed E-state index contributed by atoms with van der Waals surface area (Å²) in [5.74, 6) is -0.750. The molecular formula is C22H17F3N6O4. The summed E-state index contributed by atoms with van der Waals surface area (Å²) in [6, 6.07) is 12.7. The minimum atomic E-state index is -4.53. The first-order valence-corrected chi connectivity index (χ1v) is 10.2. The highest BCUT2D eigenvalue weighted by molar-refractivity contribution is 5.90. The number of carbonyl (C=O) groups is 1. The number of para-hydroxylation sites is 1. The van der Waals surface area contributed by atoms with Crippen molar-refractivity contribution in [3.05, 3.63) is 86.9 Å². The van der Waals surface area contributed by atoms with Crippen LogP contribution in [0.5, 0.6) is 0 Å². The molecule has 0 unspecified atom stereocenters. The van der Waals surface area contributed by atoms with Gasteiger partial charge < -0.3 is 9.84 Å². The summed E-state index contributed by atoms with van der Waals surface area (Å²) in [5, 5.41) is 10.2. The van der Waals surface area contributed by atoms with Gasteiger partial charge in [-0.1, -0.05) is 29.4 Å². The van der Waals surface area contributed by atoms with Gasteiger partial charge >= 0.3 is 11.9 Å². The molecule has 1 N–H and O–H groups in total. The largest absolute Gasteiger partial charge is 0.416 e. The maximum Gasteiger partial charge on any atom is 0.416 e. The lowest BCUT2D eigenvalue weighted by molar-refractivity contribution is -0.137. The fraction of sp³-hybridized carbons (Fsp3) is 0.182. The second-order valence-electron chi connectivity index (χ2n) is 7.38. The standard InChI is InChI=1S/C22H17F3N6O4/c1-30-20(33)18(28-31(21(30)34)15-8-3-2-4-9-15)19-27-17(35-29-19)11-10-16(32)26-14-7-5-6-13(12-14)22(23,24)25/h2-9,12H,10-11H2,1H3,(H,26,32). The van der Waals surface area contributed by atoms with Crippen LogP contribution in [0.25, 0.3) is 17.2 Å². The molecule has 1 amide bonds. The second kappa shape index (κ2) is 9.37. The van der Waals surface area contributed by atoms with Gasteiger partial charge in [0.25, 0.3) is 5.56 Å². The summed E-state index contributed by atoms with van der Waals surface area (Å²) in [6.45, 7) is 0. The van der Waals surface area contributed by atoms with E-state index in [0.29, 0.717) is 5.69 Å². The molecule has 0 bridgehead atoms. The van der Waals surface area contributed by atoms with Crippen LogP contribution in [0, 0.1) is 0 Å². The monoisotopic (exact) mass is 486 g/mol. The Morgan fingerprint density at radius 2 is 1.83 bits per heavy atom. The quantitative estimate of drug-likeness (QED) is 0.444. The van der Waals surface area contributed by atoms with E-state index in [4.69, 9.17) is 4.52 Å². The third-order valence-electron chi connectivity index (χ3n) is 4.90. The van der Waals surface area contributed by atoms with Crippen molar-refractivity contribution in [2.45, 2.75) is 19.0 Å². The lowest BCUT2D eigenvalue weighted by Gasteiger charge is -2.09. The molecular weight excluding hydrogens is 469 g/mol. The van der Waals surface area contributed by atoms with Crippen molar-refractivity contribution in [3.63, 3.8) is 0 Å². The normalized spacial score (nSPS) is 11.4. The predicted octanol–water partition coefficient (Wildman–Crippen LogP) is 2.57. The molecule has 0 spiro atoms. The van der Waals surface area contributed by atoms with Gasteiger partial charge in [0, 0.05) is 25.6 Å². The third-order valence-corrected chi connectivity index (χ3v) is 4.90. The molecule has 4 rings (SSSR count). The lowest BCUT2D eigenvalue weighted by atomic mass is 10.2. The molecule has 180 valence electrons. The van der Waals surface area contributed by atoms with E-state index in [2.05, 4.69) is 20.6 Å². The number of nitrogens with zero attached hydrogens (tertiary/aromatic N) is 5. The van der Waals surface area contributed by atoms with E-state index in [9.17, 15) is 27.6 Å². The van der Waals surface area contributed by atoms with Crippen molar-refractivity contribution in [3.8, 4) is 17.2 Å². The summed E-state index contributed by atoms with van der Waals surface area (Å²) in [5.41, 5.74) is -2.12. The minimum Gasteiger partial charge on any atom is -0.339 e. The maximum absolute atomic E-state index is 12.8. The summed E-state index contributed by atoms with van der Waals surface area (Å²) in [4.78, 5) is 41.3. The van der Waals surface area contributed by atoms with Gasteiger partial charge in [-0.2, -0.15) is 27.9 Å². The number of amides is 1. The van der Waals surface area contributed by atoms with Gasteiger partial charge in [0.15, 0.2) is 5.69 Å². The third kappa shape index (κ3) is 5.18. The highest BCUT2D eigenvalue weighted by atomic mass is 19.4. The zero-order valence-corrected chi connectivity index (χ0v) is 18.1. The van der Waals surface area contributed by atoms with Crippen molar-refractivity contribution in [2.24, 2.45) is 7.05 Å². The SMILES string of the molecule is Cn1c(=O)c(-c2noc(CCC(=O)Nc3cccc(C(F)(F)F)c3)n2)nn(-c2ccccc2)c1=O. The Kier molecular flexibility index (Phi) is 6.32. The fourth-order valence-electron chi connectivity index (χ4n) is 3.12. The van der Waals surface area contributed by atoms with E-state index in [1.807, 2.05) is 0 Å². The van der Waals surface area contributed by atoms with Crippen LogP contribution in [0.15, 0.2) is 68.7 Å². The van der Waals surface area contributed by atoms with Crippen LogP contribution >= 0.6 is 0 Å². The zero-order chi connectivity index (χ0) is 25.2. The average Bonchev–Trinajstić information content (AvgIpc) is 3.30. The van der Waals surface area contributed by atoms with E-state index >= 15 is 0 Å². The van der Waals surface area contributed by atoms with E-state index in [-0.39, 0.29) is 35.9 Å². The molecule has 35 heavy (non-hydrogen) atoms. The molecule has 0 saturated carbocycles. The predicted molar refractivity (Wildman–Crippen MR) is 117 cm³/mol. The maximum atomic E-state index is 12.8. The summed E-state index contributed by atoms with van der Waals surface area (Å²) >= 11 is 0. The minimum absolute atomic E-state index is 0.000469. The van der Waals surface area contributed by atoms with Crippen LogP contribution in [0.2, 0.25) is 0 Å². The Balaban J connectivity index is 1.49. The van der Waals surface area contributed by atoms with E-state index in [0.717, 1.165) is 21.4 Å². The Morgan fingerprint density at radius 1 is 1.09 bits per heavy atom. The van der Waals surface area contributed by atoms with Gasteiger partial charge in [-0.05, 0) is 30.3 Å². The number of alkyl halides is 3. The van der Waals surface area contributed by atoms with E-state index < -0.39 is 28.9 Å². The molecule has 0 aliphatic heterocycles. The van der Waals surface area contributed by atoms with Gasteiger partial charge in [0.05, 0.1) is 11.3 Å². The number of aromatic nitrogens is 5. The summed E-state index contributed by atoms with van der Waals surface area (Å²) < 4.78 is 45.4. The Morgan fingerprint density at radius 3 is 2.54 bits per heavy atom. The Hall–Kier alpha value is -4.55. The van der Waals surface area contributed by atoms with Gasteiger partial charge in [-0.25, -0.2) is 4.79 Å². The van der Waals surface area contributed by atoms with E-state index in [1.165, 1.54) is 19.2 Å². The molecule has 0 saturated heterocycles. The topological polar surface area (TPSA) is 125 Å². The number of nitrogens with one attached hydrogen (secondary N) is 1. The van der Waals surface area contributed by atoms with E-state index in [1.54, 1.807) is 30.3 Å². The highest BCUT2D eigenvalue weighted by Crippen LogP contribution is 2.30. The number of halogens is 3. The molecule has 0 aliphatic rings. The first-order chi connectivity index (χ1) is 16.6. The number of anilines is 1. The first-order valence-electron chi connectivity index (χ1n) is 10.2. The molecule has 2 aromatic carbocycles. The smallest absolute Gasteiger partial charge is 0.339 e. The van der Waals surface area contributed by atoms with Crippen molar-refractivity contribution in [1.82, 2.24) is 24.5 Å². The molecule has 0 atom stereocenters. The van der Waals surface area contributed by atoms with Crippen molar-refractivity contribution in [2.75, 3.05) is 5.32 Å². The number of hydrogen-bond acceptors (Lipinski definition) is 7. The molecule has 2 heterocycles. The van der Waals surface area contributed by atoms with Gasteiger partial charge in [0.1, 0.15) is 0 Å². The Bertz CT molecular complexity index is 1490. The number of aryl methyl sites for hydroxylation is 1. The van der Waals surface area contributed by atoms with Crippen molar-refractivity contribution in [1.29, 1.82) is 0 Å². The number of benzene rings is 2. The molecule has 0 radical (unpaired) electrons. The molecule has 13 heteroatoms. The summed E-state index contributed by atoms with van der Waals surface area (Å²) in [7, 11) is 1.29. The Labute approximate surface area is 194 Å². The van der Waals surface area contributed by atoms with Gasteiger partial charge in [-0.15, -0.1) is 0 Å². The number of rotatable bonds is 6. The molecule has 10 nitrogen and oxygen atoms in total. The van der Waals surface area contributed by atoms with Crippen LogP contribution in [0.3, 0.4) is 0 Å². The highest BCUT2D eigenvalue weighted by Gasteiger charge is 2.30. The summed E-state index contributed by atoms with van der Waals surface area (Å²) in [6.07, 6.45) is -4.75. The van der Waals surface area contributed by atoms with Crippen LogP contribution in [0.4, 0.5) is 18.9 Å². The van der Waals surface area contributed by atoms with Crippen LogP contribution in [-0.2, 0) is 24.4 Å². The fourth-order valence-corrected chi connectivity index (χ4v) is 3.12. The first kappa shape index (κ1) is 23.6. The second-order valence-corrected chi connectivity index (χ2v) is 7.38. The lowest BCUT2D eigenvalue weighted by Crippen LogP contribution is -2.40. The zero-order valence-electron chi connectivity index (χ0n) is 18.1. The average molecular weight is 486 g/mol. The molecule has 4 aromatic rings.